The van der Waals surface area contributed by atoms with E-state index in [-0.39, 0.29) is 0 Å². The molecule has 0 unspecified atom stereocenters. The van der Waals surface area contributed by atoms with E-state index in [9.17, 15) is 0 Å². The van der Waals surface area contributed by atoms with E-state index in [0.29, 0.717) is 0 Å². The molecule has 0 heterocycles. The summed E-state index contributed by atoms with van der Waals surface area (Å²) in [5.41, 5.74) is 2.96. The SMILES string of the molecule is C[Se]P(=[Se])(CCc1ccccc1)CCc1ccccc1. The van der Waals surface area contributed by atoms with Crippen LogP contribution in [0.5, 0.6) is 0 Å². The Kier molecular flexibility index (Phi) is 6.82. The van der Waals surface area contributed by atoms with Crippen molar-refractivity contribution >= 4 is 33.8 Å². The van der Waals surface area contributed by atoms with E-state index in [1.165, 1.54) is 36.3 Å². The van der Waals surface area contributed by atoms with E-state index < -0.39 is 4.20 Å². The van der Waals surface area contributed by atoms with E-state index in [0.717, 1.165) is 14.5 Å². The van der Waals surface area contributed by atoms with Crippen LogP contribution in [0.15, 0.2) is 60.7 Å². The zero-order chi connectivity index (χ0) is 14.3. The molecule has 20 heavy (non-hydrogen) atoms. The Labute approximate surface area is 136 Å². The van der Waals surface area contributed by atoms with Crippen LogP contribution in [0.2, 0.25) is 5.82 Å². The van der Waals surface area contributed by atoms with Gasteiger partial charge in [-0.25, -0.2) is 0 Å². The van der Waals surface area contributed by atoms with Gasteiger partial charge in [0.05, 0.1) is 0 Å². The fraction of sp³-hybridized carbons (Fsp3) is 0.294. The van der Waals surface area contributed by atoms with Gasteiger partial charge in [-0.3, -0.25) is 0 Å². The first kappa shape index (κ1) is 16.3. The number of benzene rings is 2. The first-order valence-electron chi connectivity index (χ1n) is 6.93. The molecule has 2 aromatic carbocycles. The van der Waals surface area contributed by atoms with Gasteiger partial charge >= 0.3 is 137 Å². The molecule has 0 saturated carbocycles. The Morgan fingerprint density at radius 1 is 0.800 bits per heavy atom. The van der Waals surface area contributed by atoms with Crippen LogP contribution >= 0.6 is 4.20 Å². The van der Waals surface area contributed by atoms with Crippen molar-refractivity contribution in [2.24, 2.45) is 0 Å². The molecule has 106 valence electrons. The van der Waals surface area contributed by atoms with Crippen LogP contribution < -0.4 is 0 Å². The molecule has 0 aliphatic rings. The number of hydrogen-bond acceptors (Lipinski definition) is 0. The molecule has 0 bridgehead atoms. The summed E-state index contributed by atoms with van der Waals surface area (Å²) in [5.74, 6) is 2.41. The van der Waals surface area contributed by atoms with Crippen LogP contribution in [0.1, 0.15) is 11.1 Å². The molecule has 0 spiro atoms. The molecule has 0 nitrogen and oxygen atoms in total. The Balaban J connectivity index is 1.90. The van der Waals surface area contributed by atoms with Gasteiger partial charge in [0.15, 0.2) is 0 Å². The summed E-state index contributed by atoms with van der Waals surface area (Å²) < 4.78 is -0.844. The molecule has 0 aromatic heterocycles. The van der Waals surface area contributed by atoms with Gasteiger partial charge in [0, 0.05) is 0 Å². The minimum atomic E-state index is -0.844. The Hall–Kier alpha value is -0.0910. The number of hydrogen-bond donors (Lipinski definition) is 0. The summed E-state index contributed by atoms with van der Waals surface area (Å²) in [5, 5.41) is 0. The topological polar surface area (TPSA) is 0 Å². The normalized spacial score (nSPS) is 11.4. The van der Waals surface area contributed by atoms with Crippen LogP contribution in [0.3, 0.4) is 0 Å². The van der Waals surface area contributed by atoms with Crippen LogP contribution in [0.4, 0.5) is 0 Å². The molecule has 0 amide bonds. The monoisotopic (exact) mass is 416 g/mol. The van der Waals surface area contributed by atoms with Gasteiger partial charge in [0.1, 0.15) is 0 Å². The minimum absolute atomic E-state index is 0.747. The standard InChI is InChI=1S/C17H21PSe2/c1-20-18(19,14-12-16-8-4-2-5-9-16)15-13-17-10-6-3-7-11-17/h2-11H,12-15H2,1H3. The Bertz CT molecular complexity index is 504. The van der Waals surface area contributed by atoms with Crippen molar-refractivity contribution in [1.82, 2.24) is 0 Å². The zero-order valence-corrected chi connectivity index (χ0v) is 16.2. The van der Waals surface area contributed by atoms with Gasteiger partial charge in [0.25, 0.3) is 0 Å². The average Bonchev–Trinajstić information content (AvgIpc) is 2.53. The van der Waals surface area contributed by atoms with Crippen LogP contribution in [0, 0.1) is 0 Å². The van der Waals surface area contributed by atoms with Gasteiger partial charge in [-0.1, -0.05) is 0 Å². The molecule has 0 radical (unpaired) electrons. The molecule has 0 aliphatic carbocycles. The molecular weight excluding hydrogens is 393 g/mol. The van der Waals surface area contributed by atoms with Crippen molar-refractivity contribution in [3.8, 4) is 0 Å². The van der Waals surface area contributed by atoms with Crippen molar-refractivity contribution < 1.29 is 0 Å². The maximum absolute atomic E-state index is 3.62. The first-order valence-corrected chi connectivity index (χ1v) is 15.2. The van der Waals surface area contributed by atoms with E-state index in [1.54, 1.807) is 0 Å². The van der Waals surface area contributed by atoms with Gasteiger partial charge in [-0.05, 0) is 0 Å². The fourth-order valence-corrected chi connectivity index (χ4v) is 8.57. The molecule has 0 fully saturated rings. The second kappa shape index (κ2) is 8.38. The van der Waals surface area contributed by atoms with Gasteiger partial charge in [0.2, 0.25) is 0 Å². The summed E-state index contributed by atoms with van der Waals surface area (Å²) in [7, 11) is 0. The van der Waals surface area contributed by atoms with E-state index in [1.807, 2.05) is 0 Å². The third kappa shape index (κ3) is 5.36. The van der Waals surface area contributed by atoms with Crippen LogP contribution in [-0.4, -0.2) is 41.9 Å². The molecule has 0 N–H and O–H groups in total. The van der Waals surface area contributed by atoms with Gasteiger partial charge in [-0.15, -0.1) is 0 Å². The quantitative estimate of drug-likeness (QED) is 0.470. The van der Waals surface area contributed by atoms with Crippen molar-refractivity contribution in [3.63, 3.8) is 0 Å². The zero-order valence-electron chi connectivity index (χ0n) is 11.9. The predicted octanol–water partition coefficient (Wildman–Crippen LogP) is 4.24. The summed E-state index contributed by atoms with van der Waals surface area (Å²) in [6.07, 6.45) is 5.18. The van der Waals surface area contributed by atoms with Crippen molar-refractivity contribution in [1.29, 1.82) is 0 Å². The Morgan fingerprint density at radius 2 is 1.20 bits per heavy atom. The number of aryl methyl sites for hydroxylation is 2. The van der Waals surface area contributed by atoms with Gasteiger partial charge < -0.3 is 0 Å². The third-order valence-corrected chi connectivity index (χ3v) is 19.6. The molecule has 0 atom stereocenters. The summed E-state index contributed by atoms with van der Waals surface area (Å²) >= 11 is 4.37. The molecule has 0 aliphatic heterocycles. The van der Waals surface area contributed by atoms with Gasteiger partial charge in [-0.2, -0.15) is 0 Å². The molecule has 3 heteroatoms. The Morgan fingerprint density at radius 3 is 1.55 bits per heavy atom. The predicted molar refractivity (Wildman–Crippen MR) is 94.3 cm³/mol. The molecular formula is C17H21PSe2. The summed E-state index contributed by atoms with van der Waals surface area (Å²) in [4.78, 5) is 0. The second-order valence-corrected chi connectivity index (χ2v) is 22.4. The molecule has 0 saturated heterocycles. The van der Waals surface area contributed by atoms with E-state index in [2.05, 4.69) is 81.6 Å². The maximum atomic E-state index is 3.62. The fourth-order valence-electron chi connectivity index (χ4n) is 2.18. The van der Waals surface area contributed by atoms with Crippen LogP contribution in [0.25, 0.3) is 0 Å². The van der Waals surface area contributed by atoms with E-state index in [4.69, 9.17) is 0 Å². The number of rotatable bonds is 7. The average molecular weight is 414 g/mol. The van der Waals surface area contributed by atoms with Crippen molar-refractivity contribution in [2.75, 3.05) is 12.3 Å². The molecule has 2 rings (SSSR count). The van der Waals surface area contributed by atoms with E-state index >= 15 is 0 Å². The summed E-state index contributed by atoms with van der Waals surface area (Å²) in [6, 6.07) is 21.8. The van der Waals surface area contributed by atoms with Crippen molar-refractivity contribution in [2.45, 2.75) is 18.7 Å². The summed E-state index contributed by atoms with van der Waals surface area (Å²) in [6.45, 7) is 0. The van der Waals surface area contributed by atoms with Crippen LogP contribution in [-0.2, 0) is 12.8 Å². The molecule has 2 aromatic rings. The second-order valence-electron chi connectivity index (χ2n) is 4.92. The third-order valence-electron chi connectivity index (χ3n) is 3.50. The van der Waals surface area contributed by atoms with Crippen molar-refractivity contribution in [3.05, 3.63) is 71.8 Å². The first-order chi connectivity index (χ1) is 9.72.